The second kappa shape index (κ2) is 9.94. The van der Waals surface area contributed by atoms with E-state index in [2.05, 4.69) is 5.32 Å². The van der Waals surface area contributed by atoms with Crippen molar-refractivity contribution in [2.75, 3.05) is 13.2 Å². The summed E-state index contributed by atoms with van der Waals surface area (Å²) < 4.78 is 5.32. The molecule has 0 aromatic heterocycles. The van der Waals surface area contributed by atoms with Crippen molar-refractivity contribution in [1.82, 2.24) is 10.2 Å². The lowest BCUT2D eigenvalue weighted by molar-refractivity contribution is -0.156. The highest BCUT2D eigenvalue weighted by molar-refractivity contribution is 5.96. The number of carbonyl (C=O) groups excluding carboxylic acids is 3. The summed E-state index contributed by atoms with van der Waals surface area (Å²) in [7, 11) is 0. The minimum atomic E-state index is -0.711. The summed E-state index contributed by atoms with van der Waals surface area (Å²) in [4.78, 5) is 41.2. The van der Waals surface area contributed by atoms with E-state index in [9.17, 15) is 19.5 Å². The minimum Gasteiger partial charge on any atom is -0.466 e. The van der Waals surface area contributed by atoms with Crippen molar-refractivity contribution in [3.8, 4) is 0 Å². The molecular formula is C23H36N2O5. The van der Waals surface area contributed by atoms with Crippen molar-refractivity contribution in [2.45, 2.75) is 77.4 Å². The van der Waals surface area contributed by atoms with Crippen molar-refractivity contribution in [1.29, 1.82) is 0 Å². The smallest absolute Gasteiger partial charge is 0.310 e. The van der Waals surface area contributed by atoms with Crippen LogP contribution in [0.15, 0.2) is 12.2 Å². The maximum absolute atomic E-state index is 13.5. The molecule has 0 spiro atoms. The molecule has 2 fully saturated rings. The largest absolute Gasteiger partial charge is 0.466 e. The van der Waals surface area contributed by atoms with Gasteiger partial charge in [-0.15, -0.1) is 0 Å². The molecule has 2 N–H and O–H groups in total. The molecule has 6 atom stereocenters. The maximum atomic E-state index is 13.5. The lowest BCUT2D eigenvalue weighted by Crippen LogP contribution is -2.53. The highest BCUT2D eigenvalue weighted by atomic mass is 16.5. The molecule has 0 aromatic carbocycles. The Morgan fingerprint density at radius 2 is 1.93 bits per heavy atom. The summed E-state index contributed by atoms with van der Waals surface area (Å²) in [6.07, 6.45) is 9.93. The topological polar surface area (TPSA) is 95.9 Å². The van der Waals surface area contributed by atoms with Crippen LogP contribution in [0.2, 0.25) is 0 Å². The van der Waals surface area contributed by atoms with Crippen molar-refractivity contribution < 1.29 is 24.2 Å². The van der Waals surface area contributed by atoms with Gasteiger partial charge in [-0.3, -0.25) is 14.4 Å². The summed E-state index contributed by atoms with van der Waals surface area (Å²) in [6.45, 7) is 5.51. The number of nitrogens with one attached hydrogen (secondary N) is 1. The van der Waals surface area contributed by atoms with Gasteiger partial charge in [-0.1, -0.05) is 38.3 Å². The summed E-state index contributed by atoms with van der Waals surface area (Å²) in [5.74, 6) is -2.50. The van der Waals surface area contributed by atoms with Gasteiger partial charge in [0.25, 0.3) is 0 Å². The zero-order valence-corrected chi connectivity index (χ0v) is 18.4. The summed E-state index contributed by atoms with van der Waals surface area (Å²) in [5, 5.41) is 12.9. The number of hydrogen-bond donors (Lipinski definition) is 2. The Morgan fingerprint density at radius 3 is 2.53 bits per heavy atom. The van der Waals surface area contributed by atoms with Gasteiger partial charge in [-0.25, -0.2) is 0 Å². The number of rotatable bonds is 7. The van der Waals surface area contributed by atoms with Crippen LogP contribution in [0, 0.1) is 23.7 Å². The van der Waals surface area contributed by atoms with Crippen LogP contribution in [0.1, 0.15) is 59.3 Å². The van der Waals surface area contributed by atoms with Gasteiger partial charge in [-0.05, 0) is 39.0 Å². The van der Waals surface area contributed by atoms with Gasteiger partial charge in [0.2, 0.25) is 11.8 Å². The Kier molecular flexibility index (Phi) is 7.55. The second-order valence-electron chi connectivity index (χ2n) is 8.90. The number of hydrogen-bond acceptors (Lipinski definition) is 5. The molecule has 0 radical (unpaired) electrons. The fourth-order valence-corrected chi connectivity index (χ4v) is 5.49. The van der Waals surface area contributed by atoms with E-state index in [1.54, 1.807) is 13.8 Å². The number of ether oxygens (including phenoxy) is 1. The lowest BCUT2D eigenvalue weighted by Gasteiger charge is -2.34. The molecular weight excluding hydrogens is 384 g/mol. The van der Waals surface area contributed by atoms with E-state index in [-0.39, 0.29) is 43.0 Å². The third-order valence-electron chi connectivity index (χ3n) is 7.04. The first-order valence-electron chi connectivity index (χ1n) is 11.5. The Hall–Kier alpha value is -1.89. The van der Waals surface area contributed by atoms with Crippen molar-refractivity contribution in [2.24, 2.45) is 23.7 Å². The molecule has 168 valence electrons. The molecule has 1 heterocycles. The SMILES string of the molecule is CCOC(=O)[C@H]1[C@@H]2C(=O)N([C@H](C)CO)[C@H](C(=O)NC3CCCCC3)[C@H]2C=C[C@H]1CC. The number of likely N-dealkylation sites (tertiary alicyclic amines) is 1. The summed E-state index contributed by atoms with van der Waals surface area (Å²) in [5.41, 5.74) is 0. The zero-order valence-electron chi connectivity index (χ0n) is 18.4. The number of aliphatic hydroxyl groups is 1. The average Bonchev–Trinajstić information content (AvgIpc) is 3.05. The Bertz CT molecular complexity index is 673. The second-order valence-corrected chi connectivity index (χ2v) is 8.90. The van der Waals surface area contributed by atoms with Crippen LogP contribution in [-0.4, -0.2) is 59.1 Å². The van der Waals surface area contributed by atoms with Crippen LogP contribution < -0.4 is 5.32 Å². The van der Waals surface area contributed by atoms with Crippen LogP contribution in [0.5, 0.6) is 0 Å². The Labute approximate surface area is 179 Å². The molecule has 2 aliphatic carbocycles. The molecule has 0 unspecified atom stereocenters. The van der Waals surface area contributed by atoms with Gasteiger partial charge < -0.3 is 20.1 Å². The van der Waals surface area contributed by atoms with E-state index in [1.807, 2.05) is 19.1 Å². The molecule has 0 aromatic rings. The molecule has 3 aliphatic rings. The first-order valence-corrected chi connectivity index (χ1v) is 11.5. The van der Waals surface area contributed by atoms with Gasteiger partial charge in [0.1, 0.15) is 6.04 Å². The van der Waals surface area contributed by atoms with Crippen LogP contribution in [0.25, 0.3) is 0 Å². The Balaban J connectivity index is 1.93. The molecule has 7 nitrogen and oxygen atoms in total. The van der Waals surface area contributed by atoms with Gasteiger partial charge in [-0.2, -0.15) is 0 Å². The fraction of sp³-hybridized carbons (Fsp3) is 0.783. The van der Waals surface area contributed by atoms with Crippen LogP contribution >= 0.6 is 0 Å². The van der Waals surface area contributed by atoms with Crippen molar-refractivity contribution in [3.05, 3.63) is 12.2 Å². The van der Waals surface area contributed by atoms with Gasteiger partial charge >= 0.3 is 5.97 Å². The number of esters is 1. The molecule has 1 saturated carbocycles. The number of nitrogens with zero attached hydrogens (tertiary/aromatic N) is 1. The molecule has 2 amide bonds. The van der Waals surface area contributed by atoms with Gasteiger partial charge in [0.05, 0.1) is 31.1 Å². The van der Waals surface area contributed by atoms with Crippen LogP contribution in [-0.2, 0) is 19.1 Å². The molecule has 0 bridgehead atoms. The predicted molar refractivity (Wildman–Crippen MR) is 112 cm³/mol. The average molecular weight is 421 g/mol. The summed E-state index contributed by atoms with van der Waals surface area (Å²) in [6, 6.07) is -1.08. The quantitative estimate of drug-likeness (QED) is 0.485. The van der Waals surface area contributed by atoms with E-state index in [4.69, 9.17) is 4.74 Å². The predicted octanol–water partition coefficient (Wildman–Crippen LogP) is 2.03. The Morgan fingerprint density at radius 1 is 1.23 bits per heavy atom. The molecule has 1 saturated heterocycles. The first-order chi connectivity index (χ1) is 14.4. The highest BCUT2D eigenvalue weighted by Crippen LogP contribution is 2.46. The lowest BCUT2D eigenvalue weighted by atomic mass is 9.69. The number of amides is 2. The third-order valence-corrected chi connectivity index (χ3v) is 7.04. The monoisotopic (exact) mass is 420 g/mol. The van der Waals surface area contributed by atoms with Gasteiger partial charge in [0.15, 0.2) is 0 Å². The number of fused-ring (bicyclic) bond motifs is 1. The minimum absolute atomic E-state index is 0.0966. The zero-order chi connectivity index (χ0) is 21.8. The fourth-order valence-electron chi connectivity index (χ4n) is 5.49. The number of aliphatic hydroxyl groups excluding tert-OH is 1. The number of allylic oxidation sites excluding steroid dienone is 1. The van der Waals surface area contributed by atoms with E-state index in [1.165, 1.54) is 11.3 Å². The normalized spacial score (nSPS) is 32.6. The van der Waals surface area contributed by atoms with Crippen LogP contribution in [0.3, 0.4) is 0 Å². The molecule has 3 rings (SSSR count). The third kappa shape index (κ3) is 4.27. The summed E-state index contributed by atoms with van der Waals surface area (Å²) >= 11 is 0. The first kappa shape index (κ1) is 22.8. The number of carbonyl (C=O) groups is 3. The molecule has 1 aliphatic heterocycles. The standard InChI is InChI=1S/C23H36N2O5/c1-4-15-11-12-17-19(18(15)23(29)30-5-2)22(28)25(14(3)13-26)20(17)21(27)24-16-9-7-6-8-10-16/h11-12,14-20,26H,4-10,13H2,1-3H3,(H,24,27)/t14-,15-,17+,18-,19-,20+/m1/s1. The van der Waals surface area contributed by atoms with E-state index in [0.717, 1.165) is 25.7 Å². The van der Waals surface area contributed by atoms with E-state index < -0.39 is 29.8 Å². The van der Waals surface area contributed by atoms with Gasteiger partial charge in [0, 0.05) is 12.0 Å². The maximum Gasteiger partial charge on any atom is 0.310 e. The molecule has 30 heavy (non-hydrogen) atoms. The van der Waals surface area contributed by atoms with E-state index in [0.29, 0.717) is 6.42 Å². The van der Waals surface area contributed by atoms with Crippen molar-refractivity contribution >= 4 is 17.8 Å². The highest BCUT2D eigenvalue weighted by Gasteiger charge is 2.58. The van der Waals surface area contributed by atoms with E-state index >= 15 is 0 Å². The molecule has 7 heteroatoms. The van der Waals surface area contributed by atoms with Crippen LogP contribution in [0.4, 0.5) is 0 Å². The van der Waals surface area contributed by atoms with Crippen molar-refractivity contribution in [3.63, 3.8) is 0 Å².